The van der Waals surface area contributed by atoms with Gasteiger partial charge >= 0.3 is 0 Å². The molecule has 4 aliphatic rings. The van der Waals surface area contributed by atoms with E-state index >= 15 is 0 Å². The zero-order chi connectivity index (χ0) is 22.7. The molecule has 3 fully saturated rings. The molecule has 0 amide bonds. The Bertz CT molecular complexity index is 832. The van der Waals surface area contributed by atoms with Crippen LogP contribution < -0.4 is 0 Å². The zero-order valence-electron chi connectivity index (χ0n) is 21.3. The van der Waals surface area contributed by atoms with Gasteiger partial charge in [0.15, 0.2) is 0 Å². The van der Waals surface area contributed by atoms with E-state index in [1.54, 1.807) is 0 Å². The Labute approximate surface area is 202 Å². The molecule has 0 N–H and O–H groups in total. The summed E-state index contributed by atoms with van der Waals surface area (Å²) in [6, 6.07) is 2.02. The second kappa shape index (κ2) is 8.58. The third-order valence-electron chi connectivity index (χ3n) is 11.4. The maximum Gasteiger partial charge on any atom is 0.0471 e. The number of hydrogen-bond donors (Lipinski definition) is 0. The van der Waals surface area contributed by atoms with Crippen molar-refractivity contribution in [2.75, 3.05) is 0 Å². The van der Waals surface area contributed by atoms with Gasteiger partial charge in [-0.15, -0.1) is 0 Å². The van der Waals surface area contributed by atoms with Crippen LogP contribution >= 0.6 is 11.6 Å². The highest BCUT2D eigenvalue weighted by Gasteiger charge is 2.60. The van der Waals surface area contributed by atoms with Crippen LogP contribution in [0.15, 0.2) is 12.3 Å². The summed E-state index contributed by atoms with van der Waals surface area (Å²) in [6.45, 7) is 12.7. The Hall–Kier alpha value is -0.560. The molecule has 1 nitrogen and oxygen atoms in total. The van der Waals surface area contributed by atoms with Crippen LogP contribution in [0.25, 0.3) is 0 Å². The molecule has 0 aliphatic heterocycles. The fraction of sp³-hybridized carbons (Fsp3) is 0.833. The van der Waals surface area contributed by atoms with Crippen LogP contribution in [0.5, 0.6) is 0 Å². The number of fused-ring (bicyclic) bond motifs is 6. The quantitative estimate of drug-likeness (QED) is 0.432. The van der Waals surface area contributed by atoms with Crippen molar-refractivity contribution in [2.45, 2.75) is 105 Å². The van der Waals surface area contributed by atoms with Crippen molar-refractivity contribution in [3.63, 3.8) is 0 Å². The van der Waals surface area contributed by atoms with Gasteiger partial charge in [0.1, 0.15) is 0 Å². The smallest absolute Gasteiger partial charge is 0.0471 e. The Morgan fingerprint density at radius 2 is 1.78 bits per heavy atom. The Morgan fingerprint density at radius 3 is 2.56 bits per heavy atom. The Balaban J connectivity index is 1.35. The van der Waals surface area contributed by atoms with E-state index in [0.717, 1.165) is 52.9 Å². The van der Waals surface area contributed by atoms with E-state index in [2.05, 4.69) is 34.6 Å². The number of hydrogen-bond acceptors (Lipinski definition) is 1. The van der Waals surface area contributed by atoms with Gasteiger partial charge in [-0.25, -0.2) is 0 Å². The van der Waals surface area contributed by atoms with Crippen LogP contribution in [0.3, 0.4) is 0 Å². The highest BCUT2D eigenvalue weighted by molar-refractivity contribution is 6.31. The SMILES string of the molecule is CC(C)CCCC(C)C1CCC2C3CCC4Cc5nccc(Cl)c5CC4(C)C3CCC12C. The maximum atomic E-state index is 6.70. The van der Waals surface area contributed by atoms with Crippen molar-refractivity contribution in [1.82, 2.24) is 4.98 Å². The predicted octanol–water partition coefficient (Wildman–Crippen LogP) is 8.77. The van der Waals surface area contributed by atoms with Crippen molar-refractivity contribution in [2.24, 2.45) is 52.3 Å². The van der Waals surface area contributed by atoms with E-state index in [1.165, 1.54) is 75.5 Å². The van der Waals surface area contributed by atoms with Crippen LogP contribution in [0, 0.1) is 52.3 Å². The summed E-state index contributed by atoms with van der Waals surface area (Å²) in [4.78, 5) is 4.75. The van der Waals surface area contributed by atoms with E-state index in [0.29, 0.717) is 10.8 Å². The molecule has 0 bridgehead atoms. The topological polar surface area (TPSA) is 12.9 Å². The second-order valence-electron chi connectivity index (χ2n) is 13.3. The van der Waals surface area contributed by atoms with Crippen LogP contribution in [-0.2, 0) is 12.8 Å². The molecule has 0 aromatic carbocycles. The summed E-state index contributed by atoms with van der Waals surface area (Å²) in [7, 11) is 0. The second-order valence-corrected chi connectivity index (χ2v) is 13.7. The maximum absolute atomic E-state index is 6.70. The van der Waals surface area contributed by atoms with Crippen LogP contribution in [0.2, 0.25) is 5.02 Å². The fourth-order valence-corrected chi connectivity index (χ4v) is 9.89. The van der Waals surface area contributed by atoms with E-state index < -0.39 is 0 Å². The summed E-state index contributed by atoms with van der Waals surface area (Å²) in [5, 5.41) is 0.966. The average Bonchev–Trinajstić information content (AvgIpc) is 3.10. The predicted molar refractivity (Wildman–Crippen MR) is 136 cm³/mol. The van der Waals surface area contributed by atoms with Crippen molar-refractivity contribution < 1.29 is 0 Å². The number of nitrogens with zero attached hydrogens (tertiary/aromatic N) is 1. The van der Waals surface area contributed by atoms with Gasteiger partial charge in [-0.2, -0.15) is 0 Å². The van der Waals surface area contributed by atoms with Gasteiger partial charge in [-0.05, 0) is 115 Å². The van der Waals surface area contributed by atoms with Gasteiger partial charge in [-0.1, -0.05) is 65.5 Å². The molecule has 2 heteroatoms. The number of pyridine rings is 1. The molecule has 0 radical (unpaired) electrons. The molecule has 1 heterocycles. The molecular formula is C30H46ClN. The molecule has 178 valence electrons. The zero-order valence-corrected chi connectivity index (χ0v) is 22.1. The molecule has 8 unspecified atom stereocenters. The van der Waals surface area contributed by atoms with Gasteiger partial charge in [0.25, 0.3) is 0 Å². The summed E-state index contributed by atoms with van der Waals surface area (Å²) < 4.78 is 0. The Kier molecular flexibility index (Phi) is 6.22. The first kappa shape index (κ1) is 23.2. The lowest BCUT2D eigenvalue weighted by atomic mass is 9.44. The first-order valence-corrected chi connectivity index (χ1v) is 14.2. The standard InChI is InChI=1S/C30H46ClN/c1-19(2)7-6-8-20(3)24-11-12-25-22-10-9-21-17-28-23(27(31)14-16-32-28)18-30(21,5)26(22)13-15-29(24,25)4/h14,16,19-22,24-26H,6-13,15,17-18H2,1-5H3. The lowest BCUT2D eigenvalue weighted by Gasteiger charge is -2.60. The summed E-state index contributed by atoms with van der Waals surface area (Å²) in [5.41, 5.74) is 3.69. The van der Waals surface area contributed by atoms with Crippen LogP contribution in [0.4, 0.5) is 0 Å². The van der Waals surface area contributed by atoms with Crippen LogP contribution in [0.1, 0.15) is 104 Å². The third kappa shape index (κ3) is 3.68. The summed E-state index contributed by atoms with van der Waals surface area (Å²) in [5.74, 6) is 6.31. The molecule has 5 rings (SSSR count). The van der Waals surface area contributed by atoms with Crippen molar-refractivity contribution in [3.05, 3.63) is 28.5 Å². The minimum Gasteiger partial charge on any atom is -0.261 e. The van der Waals surface area contributed by atoms with Crippen LogP contribution in [-0.4, -0.2) is 4.98 Å². The van der Waals surface area contributed by atoms with Gasteiger partial charge in [-0.3, -0.25) is 4.98 Å². The molecule has 0 spiro atoms. The average molecular weight is 456 g/mol. The van der Waals surface area contributed by atoms with E-state index in [4.69, 9.17) is 16.6 Å². The minimum atomic E-state index is 0.422. The number of halogens is 1. The van der Waals surface area contributed by atoms with E-state index in [-0.39, 0.29) is 0 Å². The van der Waals surface area contributed by atoms with Crippen molar-refractivity contribution in [3.8, 4) is 0 Å². The third-order valence-corrected chi connectivity index (χ3v) is 11.7. The normalized spacial score (nSPS) is 41.5. The molecule has 0 saturated heterocycles. The lowest BCUT2D eigenvalue weighted by Crippen LogP contribution is -2.54. The molecule has 1 aromatic heterocycles. The molecular weight excluding hydrogens is 410 g/mol. The van der Waals surface area contributed by atoms with Gasteiger partial charge in [0.05, 0.1) is 0 Å². The minimum absolute atomic E-state index is 0.422. The largest absolute Gasteiger partial charge is 0.261 e. The highest BCUT2D eigenvalue weighted by atomic mass is 35.5. The van der Waals surface area contributed by atoms with Gasteiger partial charge < -0.3 is 0 Å². The van der Waals surface area contributed by atoms with Gasteiger partial charge in [0.2, 0.25) is 0 Å². The fourth-order valence-electron chi connectivity index (χ4n) is 9.66. The number of rotatable bonds is 5. The summed E-state index contributed by atoms with van der Waals surface area (Å²) >= 11 is 6.70. The van der Waals surface area contributed by atoms with Gasteiger partial charge in [0, 0.05) is 16.9 Å². The molecule has 8 atom stereocenters. The van der Waals surface area contributed by atoms with E-state index in [1.807, 2.05) is 12.3 Å². The summed E-state index contributed by atoms with van der Waals surface area (Å²) in [6.07, 6.45) is 17.3. The molecule has 1 aromatic rings. The molecule has 4 aliphatic carbocycles. The van der Waals surface area contributed by atoms with Crippen molar-refractivity contribution in [1.29, 1.82) is 0 Å². The van der Waals surface area contributed by atoms with Crippen molar-refractivity contribution >= 4 is 11.6 Å². The number of aromatic nitrogens is 1. The molecule has 32 heavy (non-hydrogen) atoms. The lowest BCUT2D eigenvalue weighted by molar-refractivity contribution is -0.103. The highest BCUT2D eigenvalue weighted by Crippen LogP contribution is 2.68. The first-order valence-electron chi connectivity index (χ1n) is 13.9. The first-order chi connectivity index (χ1) is 15.2. The monoisotopic (exact) mass is 455 g/mol. The Morgan fingerprint density at radius 1 is 1.00 bits per heavy atom. The molecule has 3 saturated carbocycles. The van der Waals surface area contributed by atoms with E-state index in [9.17, 15) is 0 Å².